The molecule has 0 aliphatic rings. The Morgan fingerprint density at radius 1 is 1.14 bits per heavy atom. The van der Waals surface area contributed by atoms with Gasteiger partial charge in [-0.05, 0) is 51.0 Å². The molecule has 0 bridgehead atoms. The molecule has 3 N–H and O–H groups in total. The lowest BCUT2D eigenvalue weighted by Gasteiger charge is -2.14. The number of H-pyrrole nitrogens is 1. The molecule has 2 aromatic heterocycles. The Morgan fingerprint density at radius 2 is 1.93 bits per heavy atom. The molecule has 3 rings (SSSR count). The molecule has 9 heteroatoms. The summed E-state index contributed by atoms with van der Waals surface area (Å²) in [6.45, 7) is 7.85. The fourth-order valence-electron chi connectivity index (χ4n) is 2.77. The van der Waals surface area contributed by atoms with Crippen LogP contribution in [0, 0.1) is 20.8 Å². The van der Waals surface area contributed by atoms with Crippen LogP contribution in [0.3, 0.4) is 0 Å². The van der Waals surface area contributed by atoms with Crippen LogP contribution in [0.25, 0.3) is 0 Å². The van der Waals surface area contributed by atoms with Crippen LogP contribution in [0.1, 0.15) is 29.3 Å². The molecule has 0 aliphatic heterocycles. The first-order chi connectivity index (χ1) is 13.4. The molecule has 0 unspecified atom stereocenters. The highest BCUT2D eigenvalue weighted by Crippen LogP contribution is 2.27. The minimum Gasteiger partial charge on any atom is -0.399 e. The van der Waals surface area contributed by atoms with Crippen molar-refractivity contribution in [2.24, 2.45) is 5.16 Å². The highest BCUT2D eigenvalue weighted by molar-refractivity contribution is 6.32. The van der Waals surface area contributed by atoms with E-state index in [4.69, 9.17) is 16.4 Å². The number of nitrogens with one attached hydrogen (secondary N) is 3. The first-order valence-corrected chi connectivity index (χ1v) is 9.03. The number of hydrogen-bond donors (Lipinski definition) is 3. The zero-order valence-electron chi connectivity index (χ0n) is 16.4. The third kappa shape index (κ3) is 4.40. The standard InChI is InChI=1S/C19H22ClN7O/c1-10-7-16(11(2)6-14(10)13(4)27-28-5)22-19-21-9-15(20)18(24-19)23-17-8-12(3)25-26-17/h6-9H,1-5H3,(H3,21,22,23,24,25,26). The highest BCUT2D eigenvalue weighted by atomic mass is 35.5. The zero-order chi connectivity index (χ0) is 20.3. The monoisotopic (exact) mass is 399 g/mol. The third-order valence-electron chi connectivity index (χ3n) is 4.13. The summed E-state index contributed by atoms with van der Waals surface area (Å²) < 4.78 is 0. The highest BCUT2D eigenvalue weighted by Gasteiger charge is 2.11. The summed E-state index contributed by atoms with van der Waals surface area (Å²) in [5.74, 6) is 1.53. The van der Waals surface area contributed by atoms with E-state index >= 15 is 0 Å². The van der Waals surface area contributed by atoms with Crippen LogP contribution in [0.2, 0.25) is 5.02 Å². The van der Waals surface area contributed by atoms with Crippen molar-refractivity contribution in [3.63, 3.8) is 0 Å². The predicted octanol–water partition coefficient (Wildman–Crippen LogP) is 4.64. The second-order valence-corrected chi connectivity index (χ2v) is 6.82. The number of rotatable bonds is 6. The quantitative estimate of drug-likeness (QED) is 0.412. The molecule has 0 atom stereocenters. The Kier molecular flexibility index (Phi) is 5.79. The Balaban J connectivity index is 1.86. The molecule has 0 saturated carbocycles. The summed E-state index contributed by atoms with van der Waals surface area (Å²) >= 11 is 6.22. The first kappa shape index (κ1) is 19.6. The van der Waals surface area contributed by atoms with E-state index in [0.29, 0.717) is 22.6 Å². The Labute approximate surface area is 168 Å². The summed E-state index contributed by atoms with van der Waals surface area (Å²) in [5.41, 5.74) is 5.77. The number of benzene rings is 1. The third-order valence-corrected chi connectivity index (χ3v) is 4.41. The SMILES string of the molecule is CON=C(C)c1cc(C)c(Nc2ncc(Cl)c(Nc3cc(C)[nH]n3)n2)cc1C. The van der Waals surface area contributed by atoms with Crippen molar-refractivity contribution in [1.29, 1.82) is 0 Å². The Bertz CT molecular complexity index is 1030. The van der Waals surface area contributed by atoms with Crippen LogP contribution in [-0.2, 0) is 4.84 Å². The maximum Gasteiger partial charge on any atom is 0.229 e. The lowest BCUT2D eigenvalue weighted by Crippen LogP contribution is -2.05. The number of nitrogens with zero attached hydrogens (tertiary/aromatic N) is 4. The van der Waals surface area contributed by atoms with Crippen molar-refractivity contribution in [3.05, 3.63) is 51.8 Å². The molecule has 0 radical (unpaired) electrons. The van der Waals surface area contributed by atoms with Crippen LogP contribution in [0.15, 0.2) is 29.6 Å². The minimum absolute atomic E-state index is 0.404. The van der Waals surface area contributed by atoms with E-state index in [9.17, 15) is 0 Å². The molecule has 2 heterocycles. The van der Waals surface area contributed by atoms with Gasteiger partial charge < -0.3 is 15.5 Å². The number of anilines is 4. The Morgan fingerprint density at radius 3 is 2.61 bits per heavy atom. The maximum absolute atomic E-state index is 6.22. The fourth-order valence-corrected chi connectivity index (χ4v) is 2.90. The molecule has 0 spiro atoms. The van der Waals surface area contributed by atoms with Gasteiger partial charge in [-0.3, -0.25) is 5.10 Å². The van der Waals surface area contributed by atoms with Gasteiger partial charge in [-0.25, -0.2) is 4.98 Å². The summed E-state index contributed by atoms with van der Waals surface area (Å²) in [5, 5.41) is 17.8. The van der Waals surface area contributed by atoms with Crippen molar-refractivity contribution in [1.82, 2.24) is 20.2 Å². The van der Waals surface area contributed by atoms with Gasteiger partial charge in [-0.2, -0.15) is 10.1 Å². The lowest BCUT2D eigenvalue weighted by atomic mass is 10.0. The molecule has 146 valence electrons. The van der Waals surface area contributed by atoms with Gasteiger partial charge in [0.15, 0.2) is 11.6 Å². The lowest BCUT2D eigenvalue weighted by molar-refractivity contribution is 0.213. The second kappa shape index (κ2) is 8.26. The van der Waals surface area contributed by atoms with E-state index in [-0.39, 0.29) is 0 Å². The fraction of sp³-hybridized carbons (Fsp3) is 0.263. The number of oxime groups is 1. The van der Waals surface area contributed by atoms with E-state index in [1.165, 1.54) is 7.11 Å². The van der Waals surface area contributed by atoms with Crippen molar-refractivity contribution in [2.45, 2.75) is 27.7 Å². The molecular weight excluding hydrogens is 378 g/mol. The second-order valence-electron chi connectivity index (χ2n) is 6.42. The van der Waals surface area contributed by atoms with Gasteiger partial charge in [-0.15, -0.1) is 0 Å². The van der Waals surface area contributed by atoms with Crippen LogP contribution >= 0.6 is 11.6 Å². The van der Waals surface area contributed by atoms with E-state index in [1.54, 1.807) is 6.20 Å². The number of hydrogen-bond acceptors (Lipinski definition) is 7. The molecule has 8 nitrogen and oxygen atoms in total. The van der Waals surface area contributed by atoms with Gasteiger partial charge in [0, 0.05) is 23.0 Å². The van der Waals surface area contributed by atoms with Gasteiger partial charge in [0.1, 0.15) is 12.1 Å². The largest absolute Gasteiger partial charge is 0.399 e. The Hall–Kier alpha value is -3.13. The molecule has 1 aromatic carbocycles. The van der Waals surface area contributed by atoms with Crippen LogP contribution in [0.5, 0.6) is 0 Å². The molecule has 0 saturated heterocycles. The molecule has 0 amide bonds. The van der Waals surface area contributed by atoms with E-state index in [0.717, 1.165) is 33.8 Å². The van der Waals surface area contributed by atoms with Gasteiger partial charge in [-0.1, -0.05) is 16.8 Å². The molecule has 28 heavy (non-hydrogen) atoms. The number of halogens is 1. The topological polar surface area (TPSA) is 100 Å². The number of aromatic nitrogens is 4. The average molecular weight is 400 g/mol. The smallest absolute Gasteiger partial charge is 0.229 e. The minimum atomic E-state index is 0.404. The number of aryl methyl sites for hydroxylation is 3. The van der Waals surface area contributed by atoms with Crippen LogP contribution in [0.4, 0.5) is 23.3 Å². The molecule has 0 fully saturated rings. The molecule has 0 aliphatic carbocycles. The van der Waals surface area contributed by atoms with Gasteiger partial charge in [0.05, 0.1) is 11.9 Å². The van der Waals surface area contributed by atoms with E-state index in [2.05, 4.69) is 42.0 Å². The summed E-state index contributed by atoms with van der Waals surface area (Å²) in [7, 11) is 1.54. The predicted molar refractivity (Wildman–Crippen MR) is 112 cm³/mol. The first-order valence-electron chi connectivity index (χ1n) is 8.65. The van der Waals surface area contributed by atoms with Crippen molar-refractivity contribution in [2.75, 3.05) is 17.7 Å². The summed E-state index contributed by atoms with van der Waals surface area (Å²) in [6, 6.07) is 5.94. The average Bonchev–Trinajstić information content (AvgIpc) is 3.05. The van der Waals surface area contributed by atoms with Gasteiger partial charge in [0.2, 0.25) is 5.95 Å². The number of aromatic amines is 1. The zero-order valence-corrected chi connectivity index (χ0v) is 17.1. The van der Waals surface area contributed by atoms with E-state index < -0.39 is 0 Å². The van der Waals surface area contributed by atoms with Crippen molar-refractivity contribution < 1.29 is 4.84 Å². The van der Waals surface area contributed by atoms with Crippen LogP contribution < -0.4 is 10.6 Å². The summed E-state index contributed by atoms with van der Waals surface area (Å²) in [4.78, 5) is 13.6. The molecule has 3 aromatic rings. The summed E-state index contributed by atoms with van der Waals surface area (Å²) in [6.07, 6.45) is 1.55. The molecular formula is C19H22ClN7O. The van der Waals surface area contributed by atoms with Gasteiger partial charge >= 0.3 is 0 Å². The van der Waals surface area contributed by atoms with Crippen molar-refractivity contribution in [3.8, 4) is 0 Å². The maximum atomic E-state index is 6.22. The normalized spacial score (nSPS) is 11.4. The van der Waals surface area contributed by atoms with Crippen molar-refractivity contribution >= 4 is 40.6 Å². The van der Waals surface area contributed by atoms with E-state index in [1.807, 2.05) is 39.8 Å². The van der Waals surface area contributed by atoms with Crippen LogP contribution in [-0.4, -0.2) is 33.0 Å². The van der Waals surface area contributed by atoms with Gasteiger partial charge in [0.25, 0.3) is 0 Å².